The highest BCUT2D eigenvalue weighted by Gasteiger charge is 2.39. The fourth-order valence-corrected chi connectivity index (χ4v) is 2.50. The largest absolute Gasteiger partial charge is 0.451 e. The molecular weight excluding hydrogens is 283 g/mol. The molecular formula is C13H18F3N5. The summed E-state index contributed by atoms with van der Waals surface area (Å²) < 4.78 is 39.4. The topological polar surface area (TPSA) is 46.0 Å². The van der Waals surface area contributed by atoms with E-state index in [1.165, 1.54) is 17.4 Å². The molecule has 0 amide bonds. The second-order valence-electron chi connectivity index (χ2n) is 5.71. The van der Waals surface area contributed by atoms with Crippen LogP contribution in [0, 0.1) is 0 Å². The van der Waals surface area contributed by atoms with E-state index < -0.39 is 12.0 Å². The van der Waals surface area contributed by atoms with E-state index in [0.717, 1.165) is 12.1 Å². The van der Waals surface area contributed by atoms with Gasteiger partial charge in [-0.2, -0.15) is 13.2 Å². The highest BCUT2D eigenvalue weighted by Crippen LogP contribution is 2.29. The van der Waals surface area contributed by atoms with Gasteiger partial charge in [-0.15, -0.1) is 10.2 Å². The van der Waals surface area contributed by atoms with Crippen molar-refractivity contribution in [3.8, 4) is 0 Å². The number of rotatable bonds is 5. The van der Waals surface area contributed by atoms with Gasteiger partial charge in [0.1, 0.15) is 5.82 Å². The first-order chi connectivity index (χ1) is 9.93. The summed E-state index contributed by atoms with van der Waals surface area (Å²) in [6.45, 7) is 6.66. The molecule has 1 N–H and O–H groups in total. The summed E-state index contributed by atoms with van der Waals surface area (Å²) in [7, 11) is 0. The van der Waals surface area contributed by atoms with Crippen LogP contribution >= 0.6 is 0 Å². The van der Waals surface area contributed by atoms with Gasteiger partial charge >= 0.3 is 6.18 Å². The van der Waals surface area contributed by atoms with Gasteiger partial charge in [-0.3, -0.25) is 4.90 Å². The lowest BCUT2D eigenvalue weighted by Crippen LogP contribution is -2.37. The Bertz CT molecular complexity index is 532. The maximum atomic E-state index is 12.7. The average molecular weight is 301 g/mol. The van der Waals surface area contributed by atoms with Crippen molar-refractivity contribution in [1.82, 2.24) is 25.0 Å². The van der Waals surface area contributed by atoms with Crippen molar-refractivity contribution in [3.63, 3.8) is 0 Å². The van der Waals surface area contributed by atoms with Crippen molar-refractivity contribution < 1.29 is 13.2 Å². The molecule has 0 aromatic carbocycles. The van der Waals surface area contributed by atoms with E-state index in [1.54, 1.807) is 0 Å². The zero-order valence-electron chi connectivity index (χ0n) is 11.7. The molecule has 8 heteroatoms. The summed E-state index contributed by atoms with van der Waals surface area (Å²) in [6.07, 6.45) is -1.99. The van der Waals surface area contributed by atoms with Crippen molar-refractivity contribution in [2.75, 3.05) is 19.6 Å². The van der Waals surface area contributed by atoms with Gasteiger partial charge in [-0.1, -0.05) is 6.58 Å². The molecule has 0 unspecified atom stereocenters. The quantitative estimate of drug-likeness (QED) is 0.836. The number of alkyl halides is 3. The highest BCUT2D eigenvalue weighted by atomic mass is 19.4. The van der Waals surface area contributed by atoms with Crippen LogP contribution in [0.25, 0.3) is 0 Å². The van der Waals surface area contributed by atoms with Gasteiger partial charge < -0.3 is 9.88 Å². The van der Waals surface area contributed by atoms with Crippen LogP contribution in [-0.2, 0) is 19.3 Å². The second kappa shape index (κ2) is 5.42. The molecule has 1 aromatic rings. The molecule has 116 valence electrons. The molecule has 0 radical (unpaired) electrons. The summed E-state index contributed by atoms with van der Waals surface area (Å²) in [6, 6.07) is 0.626. The summed E-state index contributed by atoms with van der Waals surface area (Å²) in [4.78, 5) is 2.06. The molecule has 0 saturated heterocycles. The Hall–Kier alpha value is -1.41. The van der Waals surface area contributed by atoms with Crippen LogP contribution < -0.4 is 5.32 Å². The lowest BCUT2D eigenvalue weighted by atomic mass is 10.2. The van der Waals surface area contributed by atoms with Gasteiger partial charge in [-0.25, -0.2) is 0 Å². The van der Waals surface area contributed by atoms with Gasteiger partial charge in [0.05, 0.1) is 6.54 Å². The zero-order chi connectivity index (χ0) is 15.0. The van der Waals surface area contributed by atoms with Crippen LogP contribution in [0.5, 0.6) is 0 Å². The first kappa shape index (κ1) is 14.5. The van der Waals surface area contributed by atoms with Crippen molar-refractivity contribution in [1.29, 1.82) is 0 Å². The monoisotopic (exact) mass is 301 g/mol. The van der Waals surface area contributed by atoms with Gasteiger partial charge in [-0.05, 0) is 18.4 Å². The minimum atomic E-state index is -4.44. The molecule has 0 atom stereocenters. The third kappa shape index (κ3) is 3.44. The molecule has 2 aliphatic rings. The fourth-order valence-electron chi connectivity index (χ4n) is 2.50. The van der Waals surface area contributed by atoms with E-state index >= 15 is 0 Å². The molecule has 1 aliphatic heterocycles. The smallest absolute Gasteiger partial charge is 0.310 e. The Balaban J connectivity index is 1.57. The standard InChI is InChI=1S/C13H18F3N5/c1-9(6-17-10-2-3-10)7-20-4-5-21-11(8-20)18-19-12(21)13(14,15)16/h10,17H,1-8H2. The number of hydrogen-bond acceptors (Lipinski definition) is 4. The Morgan fingerprint density at radius 1 is 1.29 bits per heavy atom. The third-order valence-corrected chi connectivity index (χ3v) is 3.75. The van der Waals surface area contributed by atoms with Crippen LogP contribution in [0.3, 0.4) is 0 Å². The predicted octanol–water partition coefficient (Wildman–Crippen LogP) is 1.42. The van der Waals surface area contributed by atoms with Crippen molar-refractivity contribution in [2.24, 2.45) is 0 Å². The van der Waals surface area contributed by atoms with Crippen LogP contribution in [0.1, 0.15) is 24.5 Å². The molecule has 1 saturated carbocycles. The van der Waals surface area contributed by atoms with E-state index in [0.29, 0.717) is 31.5 Å². The number of nitrogens with zero attached hydrogens (tertiary/aromatic N) is 4. The maximum absolute atomic E-state index is 12.7. The van der Waals surface area contributed by atoms with Crippen LogP contribution in [0.15, 0.2) is 12.2 Å². The molecule has 5 nitrogen and oxygen atoms in total. The molecule has 2 heterocycles. The lowest BCUT2D eigenvalue weighted by molar-refractivity contribution is -0.148. The molecule has 1 aliphatic carbocycles. The van der Waals surface area contributed by atoms with E-state index in [1.807, 2.05) is 0 Å². The number of nitrogens with one attached hydrogen (secondary N) is 1. The van der Waals surface area contributed by atoms with Crippen LogP contribution in [0.2, 0.25) is 0 Å². The van der Waals surface area contributed by atoms with E-state index in [2.05, 4.69) is 27.0 Å². The first-order valence-corrected chi connectivity index (χ1v) is 7.05. The predicted molar refractivity (Wildman–Crippen MR) is 70.5 cm³/mol. The Labute approximate surface area is 120 Å². The molecule has 0 bridgehead atoms. The minimum Gasteiger partial charge on any atom is -0.310 e. The summed E-state index contributed by atoms with van der Waals surface area (Å²) in [5.74, 6) is -0.525. The van der Waals surface area contributed by atoms with Crippen molar-refractivity contribution in [2.45, 2.75) is 38.1 Å². The van der Waals surface area contributed by atoms with Crippen LogP contribution in [0.4, 0.5) is 13.2 Å². The number of fused-ring (bicyclic) bond motifs is 1. The SMILES string of the molecule is C=C(CNC1CC1)CN1CCn2c(nnc2C(F)(F)F)C1. The van der Waals surface area contributed by atoms with Gasteiger partial charge in [0.2, 0.25) is 5.82 Å². The molecule has 0 spiro atoms. The number of hydrogen-bond donors (Lipinski definition) is 1. The Morgan fingerprint density at radius 2 is 2.05 bits per heavy atom. The summed E-state index contributed by atoms with van der Waals surface area (Å²) >= 11 is 0. The molecule has 3 rings (SSSR count). The number of halogens is 3. The highest BCUT2D eigenvalue weighted by molar-refractivity contribution is 5.06. The second-order valence-corrected chi connectivity index (χ2v) is 5.71. The molecule has 1 fully saturated rings. The average Bonchev–Trinajstić information content (AvgIpc) is 3.13. The van der Waals surface area contributed by atoms with E-state index in [-0.39, 0.29) is 6.54 Å². The summed E-state index contributed by atoms with van der Waals surface area (Å²) in [5.41, 5.74) is 1.05. The van der Waals surface area contributed by atoms with Crippen LogP contribution in [-0.4, -0.2) is 45.3 Å². The van der Waals surface area contributed by atoms with E-state index in [9.17, 15) is 13.2 Å². The summed E-state index contributed by atoms with van der Waals surface area (Å²) in [5, 5.41) is 10.3. The Kier molecular flexibility index (Phi) is 3.75. The van der Waals surface area contributed by atoms with Gasteiger partial charge in [0.15, 0.2) is 0 Å². The minimum absolute atomic E-state index is 0.264. The van der Waals surface area contributed by atoms with Crippen molar-refractivity contribution >= 4 is 0 Å². The zero-order valence-corrected chi connectivity index (χ0v) is 11.7. The first-order valence-electron chi connectivity index (χ1n) is 7.05. The van der Waals surface area contributed by atoms with Gasteiger partial charge in [0.25, 0.3) is 0 Å². The molecule has 21 heavy (non-hydrogen) atoms. The molecule has 1 aromatic heterocycles. The van der Waals surface area contributed by atoms with Gasteiger partial charge in [0, 0.05) is 32.2 Å². The third-order valence-electron chi connectivity index (χ3n) is 3.75. The Morgan fingerprint density at radius 3 is 2.71 bits per heavy atom. The number of aromatic nitrogens is 3. The van der Waals surface area contributed by atoms with E-state index in [4.69, 9.17) is 0 Å². The normalized spacial score (nSPS) is 19.6. The van der Waals surface area contributed by atoms with Crippen molar-refractivity contribution in [3.05, 3.63) is 23.8 Å². The lowest BCUT2D eigenvalue weighted by Gasteiger charge is -2.28. The fraction of sp³-hybridized carbons (Fsp3) is 0.692. The maximum Gasteiger partial charge on any atom is 0.451 e.